The fourth-order valence-corrected chi connectivity index (χ4v) is 2.37. The van der Waals surface area contributed by atoms with Crippen molar-refractivity contribution in [2.75, 3.05) is 26.4 Å². The standard InChI is InChI=1S/C20H18FNO3/c21-19-4-2-1-3-16(19)8-5-15-6-9-17(10-7-15)20(23)22-13-18-14-24-11-12-25-18/h1-4,6-7,9-10,18H,11-14H2,(H,22,23). The Bertz CT molecular complexity index is 787. The maximum Gasteiger partial charge on any atom is 0.251 e. The molecule has 0 bridgehead atoms. The molecule has 5 heteroatoms. The Kier molecular flexibility index (Phi) is 5.78. The van der Waals surface area contributed by atoms with Crippen LogP contribution in [0.1, 0.15) is 21.5 Å². The molecule has 1 aliphatic rings. The first-order valence-electron chi connectivity index (χ1n) is 8.06. The van der Waals surface area contributed by atoms with E-state index < -0.39 is 0 Å². The molecule has 3 rings (SSSR count). The zero-order chi connectivity index (χ0) is 17.5. The second-order valence-electron chi connectivity index (χ2n) is 5.58. The summed E-state index contributed by atoms with van der Waals surface area (Å²) in [6, 6.07) is 13.2. The van der Waals surface area contributed by atoms with E-state index >= 15 is 0 Å². The van der Waals surface area contributed by atoms with Crippen LogP contribution in [-0.2, 0) is 9.47 Å². The molecule has 1 saturated heterocycles. The topological polar surface area (TPSA) is 47.6 Å². The van der Waals surface area contributed by atoms with Crippen LogP contribution < -0.4 is 5.32 Å². The van der Waals surface area contributed by atoms with Gasteiger partial charge >= 0.3 is 0 Å². The molecule has 0 saturated carbocycles. The van der Waals surface area contributed by atoms with Gasteiger partial charge in [-0.3, -0.25) is 4.79 Å². The van der Waals surface area contributed by atoms with Crippen LogP contribution >= 0.6 is 0 Å². The summed E-state index contributed by atoms with van der Waals surface area (Å²) < 4.78 is 24.3. The van der Waals surface area contributed by atoms with Crippen molar-refractivity contribution in [2.24, 2.45) is 0 Å². The van der Waals surface area contributed by atoms with Crippen molar-refractivity contribution in [3.05, 3.63) is 71.0 Å². The molecular formula is C20H18FNO3. The number of hydrogen-bond acceptors (Lipinski definition) is 3. The summed E-state index contributed by atoms with van der Waals surface area (Å²) in [6.45, 7) is 2.05. The van der Waals surface area contributed by atoms with Gasteiger partial charge in [-0.2, -0.15) is 0 Å². The molecule has 1 atom stereocenters. The number of halogens is 1. The predicted octanol–water partition coefficient (Wildman–Crippen LogP) is 2.37. The van der Waals surface area contributed by atoms with Crippen LogP contribution in [0, 0.1) is 17.7 Å². The van der Waals surface area contributed by atoms with E-state index in [-0.39, 0.29) is 17.8 Å². The first-order valence-corrected chi connectivity index (χ1v) is 8.06. The van der Waals surface area contributed by atoms with Crippen LogP contribution in [0.15, 0.2) is 48.5 Å². The highest BCUT2D eigenvalue weighted by Crippen LogP contribution is 2.07. The number of benzene rings is 2. The lowest BCUT2D eigenvalue weighted by Gasteiger charge is -2.23. The van der Waals surface area contributed by atoms with Gasteiger partial charge in [0, 0.05) is 17.7 Å². The van der Waals surface area contributed by atoms with E-state index in [4.69, 9.17) is 9.47 Å². The number of carbonyl (C=O) groups is 1. The minimum Gasteiger partial charge on any atom is -0.376 e. The lowest BCUT2D eigenvalue weighted by atomic mass is 10.1. The van der Waals surface area contributed by atoms with Crippen LogP contribution in [0.5, 0.6) is 0 Å². The Hall–Kier alpha value is -2.68. The second kappa shape index (κ2) is 8.43. The number of carbonyl (C=O) groups excluding carboxylic acids is 1. The molecule has 2 aromatic rings. The van der Waals surface area contributed by atoms with Crippen molar-refractivity contribution in [1.29, 1.82) is 0 Å². The molecule has 0 spiro atoms. The van der Waals surface area contributed by atoms with Crippen LogP contribution in [0.2, 0.25) is 0 Å². The number of nitrogens with one attached hydrogen (secondary N) is 1. The normalized spacial score (nSPS) is 16.6. The van der Waals surface area contributed by atoms with Gasteiger partial charge < -0.3 is 14.8 Å². The van der Waals surface area contributed by atoms with Crippen LogP contribution in [0.3, 0.4) is 0 Å². The van der Waals surface area contributed by atoms with Crippen molar-refractivity contribution >= 4 is 5.91 Å². The van der Waals surface area contributed by atoms with Gasteiger partial charge in [-0.05, 0) is 36.4 Å². The van der Waals surface area contributed by atoms with Crippen molar-refractivity contribution in [3.63, 3.8) is 0 Å². The summed E-state index contributed by atoms with van der Waals surface area (Å²) in [5, 5.41) is 2.82. The maximum absolute atomic E-state index is 13.5. The minimum atomic E-state index is -0.347. The Morgan fingerprint density at radius 1 is 1.12 bits per heavy atom. The smallest absolute Gasteiger partial charge is 0.251 e. The monoisotopic (exact) mass is 339 g/mol. The molecule has 0 aliphatic carbocycles. The lowest BCUT2D eigenvalue weighted by molar-refractivity contribution is -0.0855. The highest BCUT2D eigenvalue weighted by Gasteiger charge is 2.15. The van der Waals surface area contributed by atoms with Gasteiger partial charge in [0.2, 0.25) is 0 Å². The lowest BCUT2D eigenvalue weighted by Crippen LogP contribution is -2.39. The van der Waals surface area contributed by atoms with Crippen LogP contribution in [0.25, 0.3) is 0 Å². The molecule has 2 aromatic carbocycles. The fourth-order valence-electron chi connectivity index (χ4n) is 2.37. The molecule has 0 aromatic heterocycles. The third-order valence-corrected chi connectivity index (χ3v) is 3.74. The van der Waals surface area contributed by atoms with Gasteiger partial charge in [-0.1, -0.05) is 24.0 Å². The van der Waals surface area contributed by atoms with Gasteiger partial charge in [-0.25, -0.2) is 4.39 Å². The van der Waals surface area contributed by atoms with Crippen molar-refractivity contribution in [1.82, 2.24) is 5.32 Å². The third kappa shape index (κ3) is 4.90. The minimum absolute atomic E-state index is 0.108. The second-order valence-corrected chi connectivity index (χ2v) is 5.58. The van der Waals surface area contributed by atoms with Gasteiger partial charge in [0.15, 0.2) is 0 Å². The van der Waals surface area contributed by atoms with E-state index in [1.54, 1.807) is 42.5 Å². The largest absolute Gasteiger partial charge is 0.376 e. The summed E-state index contributed by atoms with van der Waals surface area (Å²) in [6.07, 6.45) is -0.108. The van der Waals surface area contributed by atoms with Crippen molar-refractivity contribution < 1.29 is 18.7 Å². The number of rotatable bonds is 3. The summed E-state index contributed by atoms with van der Waals surface area (Å²) in [4.78, 5) is 12.1. The Morgan fingerprint density at radius 2 is 1.92 bits per heavy atom. The molecule has 1 unspecified atom stereocenters. The van der Waals surface area contributed by atoms with Gasteiger partial charge in [-0.15, -0.1) is 0 Å². The molecule has 1 aliphatic heterocycles. The molecule has 1 N–H and O–H groups in total. The van der Waals surface area contributed by atoms with Gasteiger partial charge in [0.05, 0.1) is 31.5 Å². The van der Waals surface area contributed by atoms with E-state index in [0.29, 0.717) is 43.1 Å². The third-order valence-electron chi connectivity index (χ3n) is 3.74. The van der Waals surface area contributed by atoms with Crippen molar-refractivity contribution in [3.8, 4) is 11.8 Å². The molecule has 0 radical (unpaired) electrons. The Balaban J connectivity index is 1.58. The number of ether oxygens (including phenoxy) is 2. The molecule has 1 heterocycles. The van der Waals surface area contributed by atoms with E-state index in [1.807, 2.05) is 0 Å². The average Bonchev–Trinajstić information content (AvgIpc) is 2.67. The molecule has 25 heavy (non-hydrogen) atoms. The molecule has 4 nitrogen and oxygen atoms in total. The van der Waals surface area contributed by atoms with Gasteiger partial charge in [0.25, 0.3) is 5.91 Å². The molecular weight excluding hydrogens is 321 g/mol. The molecule has 128 valence electrons. The van der Waals surface area contributed by atoms with Crippen molar-refractivity contribution in [2.45, 2.75) is 6.10 Å². The summed E-state index contributed by atoms with van der Waals surface area (Å²) >= 11 is 0. The van der Waals surface area contributed by atoms with E-state index in [2.05, 4.69) is 17.2 Å². The SMILES string of the molecule is O=C(NCC1COCCO1)c1ccc(C#Cc2ccccc2F)cc1. The van der Waals surface area contributed by atoms with E-state index in [1.165, 1.54) is 6.07 Å². The molecule has 1 fully saturated rings. The number of amides is 1. The van der Waals surface area contributed by atoms with Crippen LogP contribution in [-0.4, -0.2) is 38.4 Å². The number of hydrogen-bond donors (Lipinski definition) is 1. The Morgan fingerprint density at radius 3 is 2.64 bits per heavy atom. The average molecular weight is 339 g/mol. The summed E-state index contributed by atoms with van der Waals surface area (Å²) in [7, 11) is 0. The molecule has 1 amide bonds. The zero-order valence-electron chi connectivity index (χ0n) is 13.6. The Labute approximate surface area is 146 Å². The summed E-state index contributed by atoms with van der Waals surface area (Å²) in [5.41, 5.74) is 1.59. The van der Waals surface area contributed by atoms with Crippen LogP contribution in [0.4, 0.5) is 4.39 Å². The van der Waals surface area contributed by atoms with E-state index in [0.717, 1.165) is 0 Å². The van der Waals surface area contributed by atoms with E-state index in [9.17, 15) is 9.18 Å². The first kappa shape index (κ1) is 17.2. The van der Waals surface area contributed by atoms with Gasteiger partial charge in [0.1, 0.15) is 5.82 Å². The predicted molar refractivity (Wildman–Crippen MR) is 91.7 cm³/mol. The highest BCUT2D eigenvalue weighted by molar-refractivity contribution is 5.94. The highest BCUT2D eigenvalue weighted by atomic mass is 19.1. The first-order chi connectivity index (χ1) is 12.2. The zero-order valence-corrected chi connectivity index (χ0v) is 13.6. The summed E-state index contributed by atoms with van der Waals surface area (Å²) in [5.74, 6) is 5.16. The fraction of sp³-hybridized carbons (Fsp3) is 0.250. The quantitative estimate of drug-likeness (QED) is 0.874. The maximum atomic E-state index is 13.5.